The van der Waals surface area contributed by atoms with E-state index in [-0.39, 0.29) is 0 Å². The molecule has 2 N–H and O–H groups in total. The van der Waals surface area contributed by atoms with E-state index in [1.165, 1.54) is 21.6 Å². The van der Waals surface area contributed by atoms with Crippen LogP contribution in [0.5, 0.6) is 0 Å². The zero-order chi connectivity index (χ0) is 17.5. The Kier molecular flexibility index (Phi) is 5.85. The number of aliphatic imine (C=N–C) groups is 1. The predicted octanol–water partition coefficient (Wildman–Crippen LogP) is 3.17. The molecule has 0 aliphatic rings. The van der Waals surface area contributed by atoms with Crippen LogP contribution in [-0.2, 0) is 19.6 Å². The van der Waals surface area contributed by atoms with Crippen molar-refractivity contribution in [2.45, 2.75) is 26.6 Å². The summed E-state index contributed by atoms with van der Waals surface area (Å²) in [6.45, 7) is 4.52. The number of benzene rings is 1. The van der Waals surface area contributed by atoms with Gasteiger partial charge < -0.3 is 15.2 Å². The van der Waals surface area contributed by atoms with Gasteiger partial charge in [0.1, 0.15) is 0 Å². The summed E-state index contributed by atoms with van der Waals surface area (Å²) in [6, 6.07) is 10.7. The summed E-state index contributed by atoms with van der Waals surface area (Å²) in [5.41, 5.74) is 3.81. The zero-order valence-electron chi connectivity index (χ0n) is 14.6. The maximum atomic E-state index is 4.29. The van der Waals surface area contributed by atoms with Crippen LogP contribution in [-0.4, -0.2) is 22.6 Å². The summed E-state index contributed by atoms with van der Waals surface area (Å²) in [4.78, 5) is 9.70. The number of thiophene rings is 1. The monoisotopic (exact) mass is 353 g/mol. The Hall–Kier alpha value is -2.60. The molecule has 0 radical (unpaired) electrons. The first-order valence-corrected chi connectivity index (χ1v) is 9.13. The lowest BCUT2D eigenvalue weighted by atomic mass is 10.1. The average Bonchev–Trinajstić information content (AvgIpc) is 3.28. The number of nitrogens with zero attached hydrogens (tertiary/aromatic N) is 3. The van der Waals surface area contributed by atoms with Gasteiger partial charge in [0.15, 0.2) is 5.96 Å². The fraction of sp³-hybridized carbons (Fsp3) is 0.263. The maximum absolute atomic E-state index is 4.29. The lowest BCUT2D eigenvalue weighted by Crippen LogP contribution is -2.36. The quantitative estimate of drug-likeness (QED) is 0.529. The predicted molar refractivity (Wildman–Crippen MR) is 104 cm³/mol. The van der Waals surface area contributed by atoms with Crippen molar-refractivity contribution in [1.82, 2.24) is 20.2 Å². The first kappa shape index (κ1) is 17.2. The third kappa shape index (κ3) is 4.93. The normalized spacial score (nSPS) is 11.5. The van der Waals surface area contributed by atoms with Crippen LogP contribution >= 0.6 is 11.3 Å². The Bertz CT molecular complexity index is 803. The molecule has 0 bridgehead atoms. The molecule has 130 valence electrons. The number of guanidine groups is 1. The van der Waals surface area contributed by atoms with Gasteiger partial charge in [-0.05, 0) is 35.1 Å². The van der Waals surface area contributed by atoms with Crippen molar-refractivity contribution in [3.63, 3.8) is 0 Å². The minimum atomic E-state index is 0.744. The second kappa shape index (κ2) is 8.48. The van der Waals surface area contributed by atoms with Crippen molar-refractivity contribution in [2.24, 2.45) is 4.99 Å². The van der Waals surface area contributed by atoms with Crippen molar-refractivity contribution < 1.29 is 0 Å². The molecule has 2 heterocycles. The summed E-state index contributed by atoms with van der Waals surface area (Å²) in [5.74, 6) is 0.815. The lowest BCUT2D eigenvalue weighted by Gasteiger charge is -2.12. The number of hydrogen-bond donors (Lipinski definition) is 2. The molecule has 5 nitrogen and oxygen atoms in total. The first-order valence-electron chi connectivity index (χ1n) is 8.25. The van der Waals surface area contributed by atoms with Crippen molar-refractivity contribution in [3.05, 3.63) is 76.0 Å². The van der Waals surface area contributed by atoms with Gasteiger partial charge in [0.25, 0.3) is 0 Å². The number of imidazole rings is 1. The highest BCUT2D eigenvalue weighted by Crippen LogP contribution is 2.14. The molecule has 0 saturated carbocycles. The van der Waals surface area contributed by atoms with Crippen LogP contribution < -0.4 is 10.6 Å². The minimum Gasteiger partial charge on any atom is -0.352 e. The van der Waals surface area contributed by atoms with E-state index in [0.29, 0.717) is 0 Å². The van der Waals surface area contributed by atoms with Crippen LogP contribution in [0.25, 0.3) is 0 Å². The molecule has 0 unspecified atom stereocenters. The van der Waals surface area contributed by atoms with Crippen LogP contribution in [0.4, 0.5) is 0 Å². The van der Waals surface area contributed by atoms with E-state index in [1.54, 1.807) is 24.6 Å². The van der Waals surface area contributed by atoms with Gasteiger partial charge in [0.05, 0.1) is 12.9 Å². The van der Waals surface area contributed by atoms with Crippen LogP contribution in [0.15, 0.2) is 59.4 Å². The second-order valence-corrected chi connectivity index (χ2v) is 6.86. The molecule has 0 aliphatic heterocycles. The van der Waals surface area contributed by atoms with Crippen LogP contribution in [0.1, 0.15) is 21.6 Å². The number of aromatic nitrogens is 2. The summed E-state index contributed by atoms with van der Waals surface area (Å²) in [7, 11) is 1.80. The molecular formula is C19H23N5S. The highest BCUT2D eigenvalue weighted by Gasteiger charge is 2.03. The fourth-order valence-corrected chi connectivity index (χ4v) is 3.36. The average molecular weight is 353 g/mol. The molecule has 1 aromatic carbocycles. The Morgan fingerprint density at radius 3 is 2.52 bits per heavy atom. The highest BCUT2D eigenvalue weighted by molar-refractivity contribution is 7.10. The largest absolute Gasteiger partial charge is 0.352 e. The molecule has 0 saturated heterocycles. The molecular weight excluding hydrogens is 330 g/mol. The van der Waals surface area contributed by atoms with Crippen molar-refractivity contribution >= 4 is 17.3 Å². The number of hydrogen-bond acceptors (Lipinski definition) is 3. The van der Waals surface area contributed by atoms with Crippen LogP contribution in [0, 0.1) is 6.92 Å². The molecule has 0 amide bonds. The Balaban J connectivity index is 1.49. The molecule has 3 rings (SSSR count). The molecule has 0 fully saturated rings. The van der Waals surface area contributed by atoms with Gasteiger partial charge in [-0.25, -0.2) is 4.98 Å². The van der Waals surface area contributed by atoms with Crippen molar-refractivity contribution in [2.75, 3.05) is 7.05 Å². The first-order chi connectivity index (χ1) is 12.2. The maximum Gasteiger partial charge on any atom is 0.191 e. The van der Waals surface area contributed by atoms with E-state index in [4.69, 9.17) is 0 Å². The molecule has 6 heteroatoms. The van der Waals surface area contributed by atoms with E-state index in [2.05, 4.69) is 67.8 Å². The van der Waals surface area contributed by atoms with Gasteiger partial charge in [0, 0.05) is 37.4 Å². The van der Waals surface area contributed by atoms with Gasteiger partial charge in [-0.2, -0.15) is 0 Å². The summed E-state index contributed by atoms with van der Waals surface area (Å²) >= 11 is 1.77. The minimum absolute atomic E-state index is 0.744. The Labute approximate surface area is 152 Å². The second-order valence-electron chi connectivity index (χ2n) is 5.86. The van der Waals surface area contributed by atoms with Crippen molar-refractivity contribution in [1.29, 1.82) is 0 Å². The molecule has 3 aromatic rings. The SMILES string of the molecule is CN=C(NCc1ccc(Cn2ccnc2)cc1)NCc1sccc1C. The molecule has 0 spiro atoms. The van der Waals surface area contributed by atoms with Gasteiger partial charge >= 0.3 is 0 Å². The van der Waals surface area contributed by atoms with E-state index in [1.807, 2.05) is 12.5 Å². The van der Waals surface area contributed by atoms with E-state index in [9.17, 15) is 0 Å². The topological polar surface area (TPSA) is 54.2 Å². The van der Waals surface area contributed by atoms with E-state index >= 15 is 0 Å². The molecule has 0 atom stereocenters. The standard InChI is InChI=1S/C19H23N5S/c1-15-7-10-25-18(15)12-23-19(20-2)22-11-16-3-5-17(6-4-16)13-24-9-8-21-14-24/h3-10,14H,11-13H2,1-2H3,(H2,20,22,23). The van der Waals surface area contributed by atoms with Crippen molar-refractivity contribution in [3.8, 4) is 0 Å². The number of nitrogens with one attached hydrogen (secondary N) is 2. The summed E-state index contributed by atoms with van der Waals surface area (Å²) < 4.78 is 2.06. The van der Waals surface area contributed by atoms with Gasteiger partial charge in [-0.1, -0.05) is 24.3 Å². The summed E-state index contributed by atoms with van der Waals surface area (Å²) in [6.07, 6.45) is 5.61. The van der Waals surface area contributed by atoms with E-state index in [0.717, 1.165) is 25.6 Å². The molecule has 0 aliphatic carbocycles. The fourth-order valence-electron chi connectivity index (χ4n) is 2.51. The Morgan fingerprint density at radius 2 is 1.88 bits per heavy atom. The van der Waals surface area contributed by atoms with Gasteiger partial charge in [0.2, 0.25) is 0 Å². The third-order valence-corrected chi connectivity index (χ3v) is 5.04. The highest BCUT2D eigenvalue weighted by atomic mass is 32.1. The number of rotatable bonds is 6. The lowest BCUT2D eigenvalue weighted by molar-refractivity contribution is 0.793. The van der Waals surface area contributed by atoms with Crippen LogP contribution in [0.2, 0.25) is 0 Å². The molecule has 25 heavy (non-hydrogen) atoms. The van der Waals surface area contributed by atoms with Gasteiger partial charge in [-0.3, -0.25) is 4.99 Å². The smallest absolute Gasteiger partial charge is 0.191 e. The van der Waals surface area contributed by atoms with E-state index < -0.39 is 0 Å². The van der Waals surface area contributed by atoms with Gasteiger partial charge in [-0.15, -0.1) is 11.3 Å². The third-order valence-electron chi connectivity index (χ3n) is 4.02. The summed E-state index contributed by atoms with van der Waals surface area (Å²) in [5, 5.41) is 8.84. The Morgan fingerprint density at radius 1 is 1.12 bits per heavy atom. The zero-order valence-corrected chi connectivity index (χ0v) is 15.4. The number of aryl methyl sites for hydroxylation is 1. The molecule has 2 aromatic heterocycles. The van der Waals surface area contributed by atoms with Crippen LogP contribution in [0.3, 0.4) is 0 Å².